The standard InChI is InChI=1S/C19H20N2O3/c1-11(22)18-15-13-6-2-3-7-14(13)20-10-8-12-5-4-9-21(17(18)23)19(12,24-18)16(15)20/h2-3,6-7,12,15-16H,4-5,8-10H2,1H3/t12-,15-,16+,18-,19+/m1/s1. The van der Waals surface area contributed by atoms with E-state index in [2.05, 4.69) is 17.0 Å². The highest BCUT2D eigenvalue weighted by atomic mass is 16.6. The van der Waals surface area contributed by atoms with Gasteiger partial charge in [0.1, 0.15) is 0 Å². The average Bonchev–Trinajstić information content (AvgIpc) is 3.18. The Morgan fingerprint density at radius 3 is 2.92 bits per heavy atom. The molecular weight excluding hydrogens is 304 g/mol. The number of fused-ring (bicyclic) bond motifs is 5. The number of carbonyl (C=O) groups excluding carboxylic acids is 2. The third kappa shape index (κ3) is 1.09. The fraction of sp³-hybridized carbons (Fsp3) is 0.579. The first kappa shape index (κ1) is 13.4. The Labute approximate surface area is 140 Å². The van der Waals surface area contributed by atoms with Crippen molar-refractivity contribution < 1.29 is 14.3 Å². The number of benzene rings is 1. The first-order chi connectivity index (χ1) is 11.6. The molecule has 2 bridgehead atoms. The number of Topliss-reactive ketones (excluding diaryl/α,β-unsaturated/α-hetero) is 1. The number of nitrogens with zero attached hydrogens (tertiary/aromatic N) is 2. The molecule has 0 saturated carbocycles. The highest BCUT2D eigenvalue weighted by Crippen LogP contribution is 2.68. The van der Waals surface area contributed by atoms with Gasteiger partial charge in [0.2, 0.25) is 5.60 Å². The maximum Gasteiger partial charge on any atom is 0.265 e. The van der Waals surface area contributed by atoms with E-state index >= 15 is 0 Å². The second-order valence-electron chi connectivity index (χ2n) is 7.91. The van der Waals surface area contributed by atoms with Gasteiger partial charge in [0, 0.05) is 24.7 Å². The number of hydrogen-bond acceptors (Lipinski definition) is 4. The monoisotopic (exact) mass is 324 g/mol. The lowest BCUT2D eigenvalue weighted by molar-refractivity contribution is -0.171. The van der Waals surface area contributed by atoms with Crippen LogP contribution in [0.15, 0.2) is 24.3 Å². The van der Waals surface area contributed by atoms with E-state index in [4.69, 9.17) is 4.74 Å². The van der Waals surface area contributed by atoms with Crippen molar-refractivity contribution >= 4 is 17.4 Å². The van der Waals surface area contributed by atoms with Crippen LogP contribution in [0.4, 0.5) is 5.69 Å². The molecule has 0 aliphatic carbocycles. The number of piperidine rings is 3. The highest BCUT2D eigenvalue weighted by molar-refractivity contribution is 6.13. The normalized spacial score (nSPS) is 43.9. The Morgan fingerprint density at radius 2 is 2.08 bits per heavy atom. The van der Waals surface area contributed by atoms with E-state index in [9.17, 15) is 9.59 Å². The smallest absolute Gasteiger partial charge is 0.265 e. The Morgan fingerprint density at radius 1 is 1.25 bits per heavy atom. The van der Waals surface area contributed by atoms with Gasteiger partial charge in [-0.15, -0.1) is 0 Å². The number of amides is 1. The summed E-state index contributed by atoms with van der Waals surface area (Å²) in [6.07, 6.45) is 3.13. The van der Waals surface area contributed by atoms with Gasteiger partial charge in [-0.3, -0.25) is 9.59 Å². The average molecular weight is 324 g/mol. The lowest BCUT2D eigenvalue weighted by atomic mass is 9.67. The van der Waals surface area contributed by atoms with Crippen LogP contribution in [0, 0.1) is 5.92 Å². The zero-order chi connectivity index (χ0) is 16.3. The Bertz CT molecular complexity index is 808. The van der Waals surface area contributed by atoms with E-state index in [1.807, 2.05) is 17.0 Å². The molecule has 4 saturated heterocycles. The summed E-state index contributed by atoms with van der Waals surface area (Å²) in [5.74, 6) is -0.0292. The minimum absolute atomic E-state index is 0.0838. The molecule has 0 aromatic heterocycles. The molecular formula is C19H20N2O3. The van der Waals surface area contributed by atoms with Crippen LogP contribution < -0.4 is 4.90 Å². The third-order valence-corrected chi connectivity index (χ3v) is 7.16. The summed E-state index contributed by atoms with van der Waals surface area (Å²) in [6, 6.07) is 8.37. The molecule has 5 nitrogen and oxygen atoms in total. The van der Waals surface area contributed by atoms with E-state index in [1.54, 1.807) is 0 Å². The second-order valence-corrected chi connectivity index (χ2v) is 7.91. The number of para-hydroxylation sites is 1. The topological polar surface area (TPSA) is 49.9 Å². The summed E-state index contributed by atoms with van der Waals surface area (Å²) in [4.78, 5) is 30.5. The lowest BCUT2D eigenvalue weighted by Crippen LogP contribution is -2.71. The van der Waals surface area contributed by atoms with Gasteiger partial charge in [0.15, 0.2) is 11.5 Å². The van der Waals surface area contributed by atoms with Crippen molar-refractivity contribution in [3.63, 3.8) is 0 Å². The summed E-state index contributed by atoms with van der Waals surface area (Å²) in [7, 11) is 0. The first-order valence-electron chi connectivity index (χ1n) is 9.01. The van der Waals surface area contributed by atoms with Crippen molar-refractivity contribution in [1.29, 1.82) is 0 Å². The predicted octanol–water partition coefficient (Wildman–Crippen LogP) is 1.67. The molecule has 5 heterocycles. The molecule has 0 unspecified atom stereocenters. The molecule has 4 fully saturated rings. The van der Waals surface area contributed by atoms with Gasteiger partial charge >= 0.3 is 0 Å². The molecule has 5 aliphatic heterocycles. The minimum Gasteiger partial charge on any atom is -0.363 e. The van der Waals surface area contributed by atoms with E-state index in [-0.39, 0.29) is 23.7 Å². The van der Waals surface area contributed by atoms with Crippen molar-refractivity contribution in [3.05, 3.63) is 29.8 Å². The molecule has 1 amide bonds. The molecule has 1 spiro atoms. The molecule has 6 rings (SSSR count). The van der Waals surface area contributed by atoms with E-state index < -0.39 is 11.3 Å². The van der Waals surface area contributed by atoms with Gasteiger partial charge in [0.05, 0.1) is 12.0 Å². The van der Waals surface area contributed by atoms with Crippen molar-refractivity contribution in [2.24, 2.45) is 5.92 Å². The fourth-order valence-electron chi connectivity index (χ4n) is 6.42. The minimum atomic E-state index is -1.30. The van der Waals surface area contributed by atoms with Crippen LogP contribution in [0.3, 0.4) is 0 Å². The molecule has 24 heavy (non-hydrogen) atoms. The molecule has 1 aromatic rings. The van der Waals surface area contributed by atoms with Crippen LogP contribution in [0.2, 0.25) is 0 Å². The number of rotatable bonds is 1. The summed E-state index contributed by atoms with van der Waals surface area (Å²) >= 11 is 0. The maximum atomic E-state index is 13.3. The Kier molecular flexibility index (Phi) is 2.15. The molecule has 5 aliphatic rings. The Hall–Kier alpha value is -1.88. The number of ketones is 1. The second kappa shape index (κ2) is 3.85. The number of anilines is 1. The summed E-state index contributed by atoms with van der Waals surface area (Å²) in [5.41, 5.74) is 0.416. The summed E-state index contributed by atoms with van der Waals surface area (Å²) in [5, 5.41) is 0. The van der Waals surface area contributed by atoms with Crippen LogP contribution in [0.5, 0.6) is 0 Å². The SMILES string of the molecule is CC(=O)[C@]12O[C@]34[C@H](CCCN3C1=O)CCN1c3ccccc3[C@@H]2[C@H]14. The van der Waals surface area contributed by atoms with E-state index in [1.165, 1.54) is 12.6 Å². The van der Waals surface area contributed by atoms with Gasteiger partial charge in [-0.25, -0.2) is 0 Å². The Balaban J connectivity index is 1.68. The quantitative estimate of drug-likeness (QED) is 0.738. The van der Waals surface area contributed by atoms with Gasteiger partial charge in [-0.1, -0.05) is 18.2 Å². The van der Waals surface area contributed by atoms with Crippen LogP contribution in [0.25, 0.3) is 0 Å². The predicted molar refractivity (Wildman–Crippen MR) is 86.6 cm³/mol. The molecule has 1 aromatic carbocycles. The molecule has 0 radical (unpaired) electrons. The molecule has 5 atom stereocenters. The zero-order valence-corrected chi connectivity index (χ0v) is 13.7. The third-order valence-electron chi connectivity index (χ3n) is 7.16. The van der Waals surface area contributed by atoms with Gasteiger partial charge in [-0.05, 0) is 37.8 Å². The fourth-order valence-corrected chi connectivity index (χ4v) is 6.42. The zero-order valence-electron chi connectivity index (χ0n) is 13.7. The largest absolute Gasteiger partial charge is 0.363 e. The van der Waals surface area contributed by atoms with Crippen LogP contribution in [-0.2, 0) is 14.3 Å². The molecule has 5 heteroatoms. The highest BCUT2D eigenvalue weighted by Gasteiger charge is 2.83. The lowest BCUT2D eigenvalue weighted by Gasteiger charge is -2.55. The van der Waals surface area contributed by atoms with Gasteiger partial charge < -0.3 is 14.5 Å². The van der Waals surface area contributed by atoms with Crippen LogP contribution in [-0.4, -0.2) is 47.0 Å². The van der Waals surface area contributed by atoms with Crippen LogP contribution in [0.1, 0.15) is 37.7 Å². The number of ether oxygens (including phenoxy) is 1. The summed E-state index contributed by atoms with van der Waals surface area (Å²) in [6.45, 7) is 3.24. The number of hydrogen-bond donors (Lipinski definition) is 0. The molecule has 124 valence electrons. The maximum absolute atomic E-state index is 13.3. The number of carbonyl (C=O) groups is 2. The van der Waals surface area contributed by atoms with Crippen molar-refractivity contribution in [3.8, 4) is 0 Å². The first-order valence-corrected chi connectivity index (χ1v) is 9.01. The van der Waals surface area contributed by atoms with Crippen LogP contribution >= 0.6 is 0 Å². The van der Waals surface area contributed by atoms with Crippen molar-refractivity contribution in [1.82, 2.24) is 4.90 Å². The van der Waals surface area contributed by atoms with E-state index in [0.29, 0.717) is 5.92 Å². The summed E-state index contributed by atoms with van der Waals surface area (Å²) < 4.78 is 6.57. The van der Waals surface area contributed by atoms with Crippen molar-refractivity contribution in [2.45, 2.75) is 49.5 Å². The van der Waals surface area contributed by atoms with Crippen molar-refractivity contribution in [2.75, 3.05) is 18.0 Å². The van der Waals surface area contributed by atoms with E-state index in [0.717, 1.165) is 37.9 Å². The van der Waals surface area contributed by atoms with Gasteiger partial charge in [-0.2, -0.15) is 0 Å². The van der Waals surface area contributed by atoms with Gasteiger partial charge in [0.25, 0.3) is 5.91 Å². The molecule has 0 N–H and O–H groups in total.